The summed E-state index contributed by atoms with van der Waals surface area (Å²) in [6.07, 6.45) is 0. The van der Waals surface area contributed by atoms with Crippen LogP contribution in [0.4, 0.5) is 0 Å². The molecule has 17 heavy (non-hydrogen) atoms. The molecule has 1 aromatic heterocycles. The van der Waals surface area contributed by atoms with Crippen LogP contribution in [-0.4, -0.2) is 37.2 Å². The van der Waals surface area contributed by atoms with Gasteiger partial charge >= 0.3 is 0 Å². The Kier molecular flexibility index (Phi) is 6.09. The molecule has 98 valence electrons. The topological polar surface area (TPSA) is 38.5 Å². The Morgan fingerprint density at radius 1 is 1.59 bits per heavy atom. The van der Waals surface area contributed by atoms with Crippen molar-refractivity contribution in [3.63, 3.8) is 0 Å². The predicted octanol–water partition coefficient (Wildman–Crippen LogP) is 2.70. The lowest BCUT2D eigenvalue weighted by atomic mass is 10.0. The van der Waals surface area contributed by atoms with Crippen LogP contribution in [0.15, 0.2) is 15.9 Å². The first-order valence-electron chi connectivity index (χ1n) is 5.74. The molecule has 0 bridgehead atoms. The summed E-state index contributed by atoms with van der Waals surface area (Å²) in [4.78, 5) is 3.59. The van der Waals surface area contributed by atoms with Gasteiger partial charge in [-0.15, -0.1) is 11.3 Å². The van der Waals surface area contributed by atoms with Gasteiger partial charge in [0, 0.05) is 34.4 Å². The van der Waals surface area contributed by atoms with Gasteiger partial charge in [-0.2, -0.15) is 0 Å². The zero-order chi connectivity index (χ0) is 12.9. The van der Waals surface area contributed by atoms with E-state index in [1.54, 1.807) is 11.3 Å². The van der Waals surface area contributed by atoms with Crippen LogP contribution in [0.2, 0.25) is 0 Å². The Balaban J connectivity index is 2.62. The zero-order valence-corrected chi connectivity index (χ0v) is 13.1. The van der Waals surface area contributed by atoms with Gasteiger partial charge in [-0.05, 0) is 42.9 Å². The second kappa shape index (κ2) is 6.85. The van der Waals surface area contributed by atoms with Crippen LogP contribution >= 0.6 is 27.3 Å². The molecule has 5 heteroatoms. The summed E-state index contributed by atoms with van der Waals surface area (Å²) in [6.45, 7) is 7.04. The fraction of sp³-hybridized carbons (Fsp3) is 0.667. The Morgan fingerprint density at radius 3 is 2.76 bits per heavy atom. The van der Waals surface area contributed by atoms with E-state index in [4.69, 9.17) is 10.5 Å². The largest absolute Gasteiger partial charge is 0.380 e. The zero-order valence-electron chi connectivity index (χ0n) is 10.7. The van der Waals surface area contributed by atoms with Gasteiger partial charge in [0.05, 0.1) is 12.1 Å². The quantitative estimate of drug-likeness (QED) is 0.839. The van der Waals surface area contributed by atoms with Gasteiger partial charge in [-0.25, -0.2) is 0 Å². The van der Waals surface area contributed by atoms with Crippen molar-refractivity contribution in [2.24, 2.45) is 5.73 Å². The number of thiophene rings is 1. The number of nitrogens with zero attached hydrogens (tertiary/aromatic N) is 1. The molecule has 0 aliphatic heterocycles. The van der Waals surface area contributed by atoms with Crippen LogP contribution in [0.1, 0.15) is 18.7 Å². The average Bonchev–Trinajstić information content (AvgIpc) is 2.71. The van der Waals surface area contributed by atoms with Crippen LogP contribution < -0.4 is 5.73 Å². The minimum atomic E-state index is -0.105. The normalized spacial score (nSPS) is 15.2. The number of ether oxygens (including phenoxy) is 1. The highest BCUT2D eigenvalue weighted by molar-refractivity contribution is 9.10. The first-order chi connectivity index (χ1) is 8.01. The van der Waals surface area contributed by atoms with Gasteiger partial charge in [0.25, 0.3) is 0 Å². The molecule has 0 amide bonds. The van der Waals surface area contributed by atoms with E-state index in [0.29, 0.717) is 13.2 Å². The van der Waals surface area contributed by atoms with Crippen molar-refractivity contribution in [3.8, 4) is 0 Å². The summed E-state index contributed by atoms with van der Waals surface area (Å²) >= 11 is 5.23. The van der Waals surface area contributed by atoms with Gasteiger partial charge in [-0.1, -0.05) is 0 Å². The van der Waals surface area contributed by atoms with E-state index in [9.17, 15) is 0 Å². The first kappa shape index (κ1) is 15.1. The number of hydrogen-bond acceptors (Lipinski definition) is 4. The molecule has 1 rings (SSSR count). The summed E-state index contributed by atoms with van der Waals surface area (Å²) in [6, 6.07) is 2.15. The maximum Gasteiger partial charge on any atom is 0.0659 e. The number of rotatable bonds is 7. The van der Waals surface area contributed by atoms with Crippen LogP contribution in [0.25, 0.3) is 0 Å². The SMILES string of the molecule is CCOCC(C)(CN)N(C)Cc1cc(Br)cs1. The highest BCUT2D eigenvalue weighted by Crippen LogP contribution is 2.23. The van der Waals surface area contributed by atoms with Crippen molar-refractivity contribution >= 4 is 27.3 Å². The van der Waals surface area contributed by atoms with E-state index in [1.165, 1.54) is 4.88 Å². The third-order valence-electron chi connectivity index (χ3n) is 2.99. The van der Waals surface area contributed by atoms with Crippen LogP contribution in [-0.2, 0) is 11.3 Å². The maximum absolute atomic E-state index is 5.88. The molecule has 0 radical (unpaired) electrons. The van der Waals surface area contributed by atoms with Crippen molar-refractivity contribution in [2.45, 2.75) is 25.9 Å². The van der Waals surface area contributed by atoms with Gasteiger partial charge in [-0.3, -0.25) is 4.90 Å². The Bertz CT molecular complexity index is 345. The van der Waals surface area contributed by atoms with Crippen molar-refractivity contribution in [1.29, 1.82) is 0 Å². The van der Waals surface area contributed by atoms with Crippen molar-refractivity contribution in [3.05, 3.63) is 20.8 Å². The van der Waals surface area contributed by atoms with E-state index < -0.39 is 0 Å². The fourth-order valence-electron chi connectivity index (χ4n) is 1.51. The smallest absolute Gasteiger partial charge is 0.0659 e. The lowest BCUT2D eigenvalue weighted by Gasteiger charge is -2.37. The molecule has 1 heterocycles. The minimum absolute atomic E-state index is 0.105. The second-order valence-corrected chi connectivity index (χ2v) is 6.34. The van der Waals surface area contributed by atoms with Gasteiger partial charge in [0.2, 0.25) is 0 Å². The minimum Gasteiger partial charge on any atom is -0.380 e. The summed E-state index contributed by atoms with van der Waals surface area (Å²) in [5, 5.41) is 2.10. The van der Waals surface area contributed by atoms with E-state index in [-0.39, 0.29) is 5.54 Å². The van der Waals surface area contributed by atoms with E-state index in [1.807, 2.05) is 6.92 Å². The second-order valence-electron chi connectivity index (χ2n) is 4.43. The van der Waals surface area contributed by atoms with E-state index in [0.717, 1.165) is 17.6 Å². The maximum atomic E-state index is 5.88. The molecular formula is C12H21BrN2OS. The first-order valence-corrected chi connectivity index (χ1v) is 7.41. The summed E-state index contributed by atoms with van der Waals surface area (Å²) in [5.41, 5.74) is 5.78. The summed E-state index contributed by atoms with van der Waals surface area (Å²) in [5.74, 6) is 0. The fourth-order valence-corrected chi connectivity index (χ4v) is 3.01. The molecular weight excluding hydrogens is 300 g/mol. The third kappa shape index (κ3) is 4.34. The standard InChI is InChI=1S/C12H21BrN2OS/c1-4-16-9-12(2,8-14)15(3)6-11-5-10(13)7-17-11/h5,7H,4,6,8-9,14H2,1-3H3. The molecule has 0 saturated heterocycles. The molecule has 0 spiro atoms. The predicted molar refractivity (Wildman–Crippen MR) is 77.4 cm³/mol. The molecule has 1 atom stereocenters. The highest BCUT2D eigenvalue weighted by atomic mass is 79.9. The van der Waals surface area contributed by atoms with Crippen molar-refractivity contribution in [2.75, 3.05) is 26.8 Å². The van der Waals surface area contributed by atoms with Crippen LogP contribution in [0.3, 0.4) is 0 Å². The monoisotopic (exact) mass is 320 g/mol. The van der Waals surface area contributed by atoms with Gasteiger partial charge < -0.3 is 10.5 Å². The Labute approximate surface area is 116 Å². The Hall–Kier alpha value is 0.0600. The summed E-state index contributed by atoms with van der Waals surface area (Å²) < 4.78 is 6.67. The van der Waals surface area contributed by atoms with E-state index in [2.05, 4.69) is 46.2 Å². The van der Waals surface area contributed by atoms with Crippen LogP contribution in [0.5, 0.6) is 0 Å². The molecule has 0 aliphatic rings. The third-order valence-corrected chi connectivity index (χ3v) is 4.68. The molecule has 1 aromatic rings. The molecule has 0 aliphatic carbocycles. The lowest BCUT2D eigenvalue weighted by Crippen LogP contribution is -2.52. The highest BCUT2D eigenvalue weighted by Gasteiger charge is 2.28. The van der Waals surface area contributed by atoms with Gasteiger partial charge in [0.1, 0.15) is 0 Å². The van der Waals surface area contributed by atoms with Crippen LogP contribution in [0, 0.1) is 0 Å². The number of likely N-dealkylation sites (N-methyl/N-ethyl adjacent to an activating group) is 1. The molecule has 1 unspecified atom stereocenters. The Morgan fingerprint density at radius 2 is 2.29 bits per heavy atom. The lowest BCUT2D eigenvalue weighted by molar-refractivity contribution is 0.0206. The molecule has 0 fully saturated rings. The average molecular weight is 321 g/mol. The van der Waals surface area contributed by atoms with Crippen molar-refractivity contribution < 1.29 is 4.74 Å². The molecule has 0 aromatic carbocycles. The molecule has 0 saturated carbocycles. The number of halogens is 1. The molecule has 2 N–H and O–H groups in total. The molecule has 3 nitrogen and oxygen atoms in total. The summed E-state index contributed by atoms with van der Waals surface area (Å²) in [7, 11) is 2.10. The number of hydrogen-bond donors (Lipinski definition) is 1. The van der Waals surface area contributed by atoms with E-state index >= 15 is 0 Å². The van der Waals surface area contributed by atoms with Gasteiger partial charge in [0.15, 0.2) is 0 Å². The van der Waals surface area contributed by atoms with Crippen molar-refractivity contribution in [1.82, 2.24) is 4.90 Å². The number of nitrogens with two attached hydrogens (primary N) is 1.